The molecule has 2 heterocycles. The van der Waals surface area contributed by atoms with E-state index in [0.717, 1.165) is 28.7 Å². The van der Waals surface area contributed by atoms with Crippen molar-refractivity contribution in [2.45, 2.75) is 26.2 Å². The summed E-state index contributed by atoms with van der Waals surface area (Å²) in [5.74, 6) is 0.000796. The van der Waals surface area contributed by atoms with Crippen molar-refractivity contribution >= 4 is 49.9 Å². The topological polar surface area (TPSA) is 62.3 Å². The summed E-state index contributed by atoms with van der Waals surface area (Å²) in [7, 11) is 0. The first-order valence-electron chi connectivity index (χ1n) is 7.34. The minimum absolute atomic E-state index is 0.111. The molecule has 1 fully saturated rings. The first-order chi connectivity index (χ1) is 11.0. The number of carbonyl (C=O) groups excluding carboxylic acids is 2. The van der Waals surface area contributed by atoms with E-state index in [1.54, 1.807) is 4.90 Å². The number of rotatable bonds is 4. The van der Waals surface area contributed by atoms with Crippen LogP contribution in [0.25, 0.3) is 0 Å². The Bertz CT molecular complexity index is 760. The molecule has 1 N–H and O–H groups in total. The highest BCUT2D eigenvalue weighted by Gasteiger charge is 2.24. The lowest BCUT2D eigenvalue weighted by Crippen LogP contribution is -2.23. The van der Waals surface area contributed by atoms with Crippen LogP contribution in [0.2, 0.25) is 0 Å². The van der Waals surface area contributed by atoms with E-state index in [-0.39, 0.29) is 18.2 Å². The van der Waals surface area contributed by atoms with Crippen molar-refractivity contribution in [2.75, 3.05) is 16.8 Å². The van der Waals surface area contributed by atoms with E-state index in [1.807, 2.05) is 30.5 Å². The van der Waals surface area contributed by atoms with Gasteiger partial charge in [-0.3, -0.25) is 14.5 Å². The molecule has 5 nitrogen and oxygen atoms in total. The number of nitrogens with one attached hydrogen (secondary N) is 1. The van der Waals surface area contributed by atoms with Crippen LogP contribution in [0.3, 0.4) is 0 Å². The molecule has 1 aliphatic rings. The van der Waals surface area contributed by atoms with Gasteiger partial charge in [0.05, 0.1) is 12.1 Å². The van der Waals surface area contributed by atoms with Crippen molar-refractivity contribution in [2.24, 2.45) is 0 Å². The fourth-order valence-corrected chi connectivity index (χ4v) is 3.82. The van der Waals surface area contributed by atoms with E-state index in [4.69, 9.17) is 0 Å². The number of hydrogen-bond donors (Lipinski definition) is 1. The van der Waals surface area contributed by atoms with Gasteiger partial charge in [0.2, 0.25) is 11.8 Å². The molecule has 1 saturated heterocycles. The molecule has 0 saturated carbocycles. The summed E-state index contributed by atoms with van der Waals surface area (Å²) in [6, 6.07) is 5.71. The molecule has 1 aromatic heterocycles. The maximum atomic E-state index is 12.2. The summed E-state index contributed by atoms with van der Waals surface area (Å²) < 4.78 is 0.979. The second-order valence-electron chi connectivity index (χ2n) is 5.45. The molecule has 1 aromatic carbocycles. The van der Waals surface area contributed by atoms with Crippen LogP contribution in [-0.4, -0.2) is 23.3 Å². The number of aromatic nitrogens is 1. The number of halogens is 1. The Balaban J connectivity index is 1.64. The third kappa shape index (κ3) is 3.79. The molecule has 2 amide bonds. The molecule has 7 heteroatoms. The molecule has 2 aromatic rings. The van der Waals surface area contributed by atoms with Crippen LogP contribution in [0.4, 0.5) is 10.8 Å². The Kier molecular flexibility index (Phi) is 4.77. The van der Waals surface area contributed by atoms with Crippen molar-refractivity contribution < 1.29 is 9.59 Å². The predicted octanol–water partition coefficient (Wildman–Crippen LogP) is 3.52. The summed E-state index contributed by atoms with van der Waals surface area (Å²) in [6.45, 7) is 2.66. The van der Waals surface area contributed by atoms with Crippen molar-refractivity contribution in [3.8, 4) is 0 Å². The Morgan fingerprint density at radius 2 is 2.30 bits per heavy atom. The molecular formula is C16H16BrN3O2S. The van der Waals surface area contributed by atoms with Crippen LogP contribution < -0.4 is 10.2 Å². The number of nitrogens with zero attached hydrogens (tertiary/aromatic N) is 2. The number of thiazole rings is 1. The normalized spacial score (nSPS) is 14.3. The largest absolute Gasteiger partial charge is 0.326 e. The highest BCUT2D eigenvalue weighted by atomic mass is 79.9. The van der Waals surface area contributed by atoms with Crippen molar-refractivity contribution in [3.05, 3.63) is 39.3 Å². The number of aryl methyl sites for hydroxylation is 1. The molecule has 0 atom stereocenters. The van der Waals surface area contributed by atoms with E-state index >= 15 is 0 Å². The molecule has 0 spiro atoms. The zero-order valence-electron chi connectivity index (χ0n) is 12.6. The van der Waals surface area contributed by atoms with Crippen molar-refractivity contribution in [3.63, 3.8) is 0 Å². The molecule has 0 unspecified atom stereocenters. The second-order valence-corrected chi connectivity index (χ2v) is 7.21. The smallest absolute Gasteiger partial charge is 0.230 e. The van der Waals surface area contributed by atoms with Gasteiger partial charge in [-0.05, 0) is 37.1 Å². The lowest BCUT2D eigenvalue weighted by atomic mass is 10.2. The average Bonchev–Trinajstić information content (AvgIpc) is 3.10. The van der Waals surface area contributed by atoms with Crippen LogP contribution in [0, 0.1) is 6.92 Å². The summed E-state index contributed by atoms with van der Waals surface area (Å²) in [6.07, 6.45) is 1.66. The molecule has 23 heavy (non-hydrogen) atoms. The van der Waals surface area contributed by atoms with Gasteiger partial charge < -0.3 is 5.32 Å². The zero-order valence-corrected chi connectivity index (χ0v) is 15.0. The Labute approximate surface area is 146 Å². The van der Waals surface area contributed by atoms with Gasteiger partial charge in [-0.2, -0.15) is 0 Å². The first-order valence-corrected chi connectivity index (χ1v) is 9.01. The minimum Gasteiger partial charge on any atom is -0.326 e. The van der Waals surface area contributed by atoms with Gasteiger partial charge in [0.25, 0.3) is 0 Å². The standard InChI is InChI=1S/C16H16BrN3O2S/c1-10-7-11(17)4-5-13(10)19-14(21)8-12-9-23-16(18-12)20-6-2-3-15(20)22/h4-5,7,9H,2-3,6,8H2,1H3,(H,19,21). The summed E-state index contributed by atoms with van der Waals surface area (Å²) in [5, 5.41) is 5.43. The highest BCUT2D eigenvalue weighted by molar-refractivity contribution is 9.10. The Morgan fingerprint density at radius 3 is 3.00 bits per heavy atom. The molecule has 0 bridgehead atoms. The zero-order chi connectivity index (χ0) is 16.4. The SMILES string of the molecule is Cc1cc(Br)ccc1NC(=O)Cc1csc(N2CCCC2=O)n1. The van der Waals surface area contributed by atoms with Gasteiger partial charge in [-0.15, -0.1) is 11.3 Å². The Morgan fingerprint density at radius 1 is 1.48 bits per heavy atom. The van der Waals surface area contributed by atoms with Crippen LogP contribution in [0.1, 0.15) is 24.1 Å². The molecule has 120 valence electrons. The van der Waals surface area contributed by atoms with Gasteiger partial charge in [-0.25, -0.2) is 4.98 Å². The van der Waals surface area contributed by atoms with Gasteiger partial charge in [0.15, 0.2) is 5.13 Å². The van der Waals surface area contributed by atoms with E-state index in [2.05, 4.69) is 26.2 Å². The third-order valence-electron chi connectivity index (χ3n) is 3.65. The lowest BCUT2D eigenvalue weighted by Gasteiger charge is -2.10. The molecule has 1 aliphatic heterocycles. The van der Waals surface area contributed by atoms with E-state index < -0.39 is 0 Å². The molecular weight excluding hydrogens is 378 g/mol. The van der Waals surface area contributed by atoms with Crippen LogP contribution in [0.15, 0.2) is 28.1 Å². The maximum absolute atomic E-state index is 12.2. The number of hydrogen-bond acceptors (Lipinski definition) is 4. The maximum Gasteiger partial charge on any atom is 0.230 e. The quantitative estimate of drug-likeness (QED) is 0.863. The Hall–Kier alpha value is -1.73. The number of amides is 2. The number of anilines is 2. The van der Waals surface area contributed by atoms with Crippen molar-refractivity contribution in [1.29, 1.82) is 0 Å². The van der Waals surface area contributed by atoms with Crippen molar-refractivity contribution in [1.82, 2.24) is 4.98 Å². The van der Waals surface area contributed by atoms with E-state index in [0.29, 0.717) is 17.2 Å². The van der Waals surface area contributed by atoms with Gasteiger partial charge >= 0.3 is 0 Å². The summed E-state index contributed by atoms with van der Waals surface area (Å²) in [4.78, 5) is 30.0. The number of carbonyl (C=O) groups is 2. The molecule has 3 rings (SSSR count). The van der Waals surface area contributed by atoms with Crippen LogP contribution >= 0.6 is 27.3 Å². The first kappa shape index (κ1) is 16.1. The van der Waals surface area contributed by atoms with Gasteiger partial charge in [0, 0.05) is 28.5 Å². The summed E-state index contributed by atoms with van der Waals surface area (Å²) in [5.41, 5.74) is 2.48. The second kappa shape index (κ2) is 6.80. The fourth-order valence-electron chi connectivity index (χ4n) is 2.48. The van der Waals surface area contributed by atoms with Gasteiger partial charge in [0.1, 0.15) is 0 Å². The highest BCUT2D eigenvalue weighted by Crippen LogP contribution is 2.26. The third-order valence-corrected chi connectivity index (χ3v) is 5.05. The monoisotopic (exact) mass is 393 g/mol. The molecule has 0 radical (unpaired) electrons. The van der Waals surface area contributed by atoms with Crippen LogP contribution in [-0.2, 0) is 16.0 Å². The fraction of sp³-hybridized carbons (Fsp3) is 0.312. The molecule has 0 aliphatic carbocycles. The number of benzene rings is 1. The lowest BCUT2D eigenvalue weighted by molar-refractivity contribution is -0.117. The predicted molar refractivity (Wildman–Crippen MR) is 94.9 cm³/mol. The van der Waals surface area contributed by atoms with Gasteiger partial charge in [-0.1, -0.05) is 15.9 Å². The van der Waals surface area contributed by atoms with E-state index in [9.17, 15) is 9.59 Å². The minimum atomic E-state index is -0.111. The average molecular weight is 394 g/mol. The summed E-state index contributed by atoms with van der Waals surface area (Å²) >= 11 is 4.81. The van der Waals surface area contributed by atoms with E-state index in [1.165, 1.54) is 11.3 Å². The van der Waals surface area contributed by atoms with Crippen LogP contribution in [0.5, 0.6) is 0 Å².